The topological polar surface area (TPSA) is 113 Å². The van der Waals surface area contributed by atoms with Crippen molar-refractivity contribution in [1.82, 2.24) is 10.0 Å². The van der Waals surface area contributed by atoms with Gasteiger partial charge < -0.3 is 16.4 Å². The molecule has 0 aliphatic rings. The van der Waals surface area contributed by atoms with Crippen molar-refractivity contribution in [1.29, 1.82) is 0 Å². The molecule has 0 fully saturated rings. The summed E-state index contributed by atoms with van der Waals surface area (Å²) in [5.74, 6) is -0.173. The van der Waals surface area contributed by atoms with Gasteiger partial charge in [0.25, 0.3) is 0 Å². The standard InChI is InChI=1S/C10H16N4O3S/c1-12-18(16,17)6-5-13-10(15)14-9-4-2-3-8(11)7-9/h2-4,7,12H,5-6,11H2,1H3,(H2,13,14,15). The highest BCUT2D eigenvalue weighted by atomic mass is 32.2. The number of urea groups is 1. The molecule has 0 saturated heterocycles. The molecular weight excluding hydrogens is 256 g/mol. The first-order chi connectivity index (χ1) is 8.43. The minimum atomic E-state index is -3.31. The molecule has 1 rings (SSSR count). The fourth-order valence-electron chi connectivity index (χ4n) is 1.19. The van der Waals surface area contributed by atoms with Gasteiger partial charge in [0.15, 0.2) is 0 Å². The largest absolute Gasteiger partial charge is 0.399 e. The third-order valence-electron chi connectivity index (χ3n) is 2.11. The number of rotatable bonds is 5. The zero-order chi connectivity index (χ0) is 13.6. The number of sulfonamides is 1. The van der Waals surface area contributed by atoms with E-state index in [1.54, 1.807) is 24.3 Å². The van der Waals surface area contributed by atoms with Gasteiger partial charge in [-0.3, -0.25) is 0 Å². The van der Waals surface area contributed by atoms with E-state index in [9.17, 15) is 13.2 Å². The number of nitrogens with one attached hydrogen (secondary N) is 3. The van der Waals surface area contributed by atoms with Crippen molar-refractivity contribution in [2.24, 2.45) is 0 Å². The van der Waals surface area contributed by atoms with Gasteiger partial charge >= 0.3 is 6.03 Å². The third-order valence-corrected chi connectivity index (χ3v) is 3.48. The molecule has 1 aromatic rings. The number of carbonyl (C=O) groups excluding carboxylic acids is 1. The van der Waals surface area contributed by atoms with Crippen LogP contribution in [0.1, 0.15) is 0 Å². The molecule has 0 aliphatic carbocycles. The second-order valence-electron chi connectivity index (χ2n) is 3.53. The van der Waals surface area contributed by atoms with Crippen LogP contribution < -0.4 is 21.1 Å². The van der Waals surface area contributed by atoms with Gasteiger partial charge in [0.1, 0.15) is 0 Å². The molecule has 0 unspecified atom stereocenters. The lowest BCUT2D eigenvalue weighted by Gasteiger charge is -2.08. The van der Waals surface area contributed by atoms with Crippen LogP contribution >= 0.6 is 0 Å². The average Bonchev–Trinajstić information content (AvgIpc) is 2.28. The van der Waals surface area contributed by atoms with Crippen LogP contribution in [-0.4, -0.2) is 33.8 Å². The second kappa shape index (κ2) is 6.22. The first-order valence-electron chi connectivity index (χ1n) is 5.24. The van der Waals surface area contributed by atoms with Gasteiger partial charge in [0.05, 0.1) is 5.75 Å². The quantitative estimate of drug-likeness (QED) is 0.562. The maximum absolute atomic E-state index is 11.4. The van der Waals surface area contributed by atoms with Crippen LogP contribution in [0.15, 0.2) is 24.3 Å². The van der Waals surface area contributed by atoms with E-state index in [0.29, 0.717) is 11.4 Å². The summed E-state index contributed by atoms with van der Waals surface area (Å²) in [4.78, 5) is 11.4. The van der Waals surface area contributed by atoms with Gasteiger partial charge in [-0.25, -0.2) is 17.9 Å². The number of carbonyl (C=O) groups is 1. The van der Waals surface area contributed by atoms with E-state index >= 15 is 0 Å². The van der Waals surface area contributed by atoms with Gasteiger partial charge in [0.2, 0.25) is 10.0 Å². The predicted molar refractivity (Wildman–Crippen MR) is 70.7 cm³/mol. The van der Waals surface area contributed by atoms with Gasteiger partial charge in [-0.2, -0.15) is 0 Å². The van der Waals surface area contributed by atoms with Crippen LogP contribution in [-0.2, 0) is 10.0 Å². The lowest BCUT2D eigenvalue weighted by Crippen LogP contribution is -2.35. The highest BCUT2D eigenvalue weighted by Gasteiger charge is 2.07. The van der Waals surface area contributed by atoms with E-state index in [1.165, 1.54) is 7.05 Å². The van der Waals surface area contributed by atoms with Crippen molar-refractivity contribution in [3.8, 4) is 0 Å². The third kappa shape index (κ3) is 5.02. The number of hydrogen-bond donors (Lipinski definition) is 4. The summed E-state index contributed by atoms with van der Waals surface area (Å²) >= 11 is 0. The van der Waals surface area contributed by atoms with Gasteiger partial charge in [-0.05, 0) is 25.2 Å². The van der Waals surface area contributed by atoms with Crippen LogP contribution in [0.4, 0.5) is 16.2 Å². The Morgan fingerprint density at radius 2 is 2.11 bits per heavy atom. The number of nitrogens with two attached hydrogens (primary N) is 1. The van der Waals surface area contributed by atoms with Gasteiger partial charge in [-0.15, -0.1) is 0 Å². The molecule has 7 nitrogen and oxygen atoms in total. The van der Waals surface area contributed by atoms with Gasteiger partial charge in [-0.1, -0.05) is 6.07 Å². The fourth-order valence-corrected chi connectivity index (χ4v) is 1.77. The second-order valence-corrected chi connectivity index (χ2v) is 5.58. The summed E-state index contributed by atoms with van der Waals surface area (Å²) in [6, 6.07) is 6.20. The van der Waals surface area contributed by atoms with Crippen molar-refractivity contribution >= 4 is 27.4 Å². The molecule has 0 atom stereocenters. The van der Waals surface area contributed by atoms with Crippen molar-refractivity contribution in [3.63, 3.8) is 0 Å². The van der Waals surface area contributed by atoms with Crippen molar-refractivity contribution < 1.29 is 13.2 Å². The number of benzene rings is 1. The highest BCUT2D eigenvalue weighted by molar-refractivity contribution is 7.89. The summed E-state index contributed by atoms with van der Waals surface area (Å²) in [5.41, 5.74) is 6.63. The molecule has 8 heteroatoms. The Morgan fingerprint density at radius 1 is 1.39 bits per heavy atom. The van der Waals surface area contributed by atoms with Crippen LogP contribution in [0.3, 0.4) is 0 Å². The minimum absolute atomic E-state index is 0.0251. The Kier molecular flexibility index (Phi) is 4.93. The molecule has 0 radical (unpaired) electrons. The Bertz CT molecular complexity index is 516. The molecule has 18 heavy (non-hydrogen) atoms. The monoisotopic (exact) mass is 272 g/mol. The smallest absolute Gasteiger partial charge is 0.319 e. The van der Waals surface area contributed by atoms with E-state index in [1.807, 2.05) is 0 Å². The number of hydrogen-bond acceptors (Lipinski definition) is 4. The van der Waals surface area contributed by atoms with Crippen molar-refractivity contribution in [3.05, 3.63) is 24.3 Å². The first-order valence-corrected chi connectivity index (χ1v) is 6.90. The molecule has 100 valence electrons. The summed E-state index contributed by atoms with van der Waals surface area (Å²) in [5, 5.41) is 4.97. The molecule has 0 saturated carbocycles. The molecule has 0 aromatic heterocycles. The van der Waals surface area contributed by atoms with E-state index in [0.717, 1.165) is 0 Å². The molecule has 0 spiro atoms. The number of amides is 2. The first kappa shape index (κ1) is 14.3. The van der Waals surface area contributed by atoms with Crippen LogP contribution in [0.5, 0.6) is 0 Å². The Hall–Kier alpha value is -1.80. The molecule has 5 N–H and O–H groups in total. The van der Waals surface area contributed by atoms with Crippen LogP contribution in [0.25, 0.3) is 0 Å². The van der Waals surface area contributed by atoms with Crippen LogP contribution in [0, 0.1) is 0 Å². The normalized spacial score (nSPS) is 10.9. The van der Waals surface area contributed by atoms with E-state index in [2.05, 4.69) is 15.4 Å². The highest BCUT2D eigenvalue weighted by Crippen LogP contribution is 2.11. The Balaban J connectivity index is 2.39. The summed E-state index contributed by atoms with van der Waals surface area (Å²) in [7, 11) is -1.99. The van der Waals surface area contributed by atoms with E-state index < -0.39 is 16.1 Å². The lowest BCUT2D eigenvalue weighted by molar-refractivity contribution is 0.252. The SMILES string of the molecule is CNS(=O)(=O)CCNC(=O)Nc1cccc(N)c1. The predicted octanol–water partition coefficient (Wildman–Crippen LogP) is -0.0605. The summed E-state index contributed by atoms with van der Waals surface area (Å²) in [6.45, 7) is 0.0251. The zero-order valence-electron chi connectivity index (χ0n) is 9.93. The Labute approximate surface area is 106 Å². The maximum Gasteiger partial charge on any atom is 0.319 e. The molecular formula is C10H16N4O3S. The molecule has 1 aromatic carbocycles. The Morgan fingerprint density at radius 3 is 2.72 bits per heavy atom. The summed E-state index contributed by atoms with van der Waals surface area (Å²) in [6.07, 6.45) is 0. The van der Waals surface area contributed by atoms with Crippen molar-refractivity contribution in [2.75, 3.05) is 30.4 Å². The minimum Gasteiger partial charge on any atom is -0.399 e. The average molecular weight is 272 g/mol. The number of nitrogen functional groups attached to an aromatic ring is 1. The summed E-state index contributed by atoms with van der Waals surface area (Å²) < 4.78 is 24.3. The molecule has 2 amide bonds. The van der Waals surface area contributed by atoms with Crippen molar-refractivity contribution in [2.45, 2.75) is 0 Å². The van der Waals surface area contributed by atoms with Crippen LogP contribution in [0.2, 0.25) is 0 Å². The van der Waals surface area contributed by atoms with E-state index in [-0.39, 0.29) is 12.3 Å². The fraction of sp³-hybridized carbons (Fsp3) is 0.300. The zero-order valence-corrected chi connectivity index (χ0v) is 10.8. The van der Waals surface area contributed by atoms with Gasteiger partial charge in [0, 0.05) is 17.9 Å². The molecule has 0 heterocycles. The molecule has 0 bridgehead atoms. The van der Waals surface area contributed by atoms with E-state index in [4.69, 9.17) is 5.73 Å². The number of anilines is 2. The maximum atomic E-state index is 11.4. The molecule has 0 aliphatic heterocycles. The lowest BCUT2D eigenvalue weighted by atomic mass is 10.3.